The van der Waals surface area contributed by atoms with Gasteiger partial charge in [-0.2, -0.15) is 0 Å². The number of nitrogens with two attached hydrogens (primary N) is 1. The highest BCUT2D eigenvalue weighted by Gasteiger charge is 2.13. The van der Waals surface area contributed by atoms with E-state index in [1.165, 1.54) is 0 Å². The lowest BCUT2D eigenvalue weighted by Crippen LogP contribution is -2.26. The average Bonchev–Trinajstić information content (AvgIpc) is 2.73. The van der Waals surface area contributed by atoms with Gasteiger partial charge in [0, 0.05) is 37.0 Å². The lowest BCUT2D eigenvalue weighted by Gasteiger charge is -2.18. The fourth-order valence-corrected chi connectivity index (χ4v) is 3.11. The number of nitrogens with zero attached hydrogens (tertiary/aromatic N) is 1. The smallest absolute Gasteiger partial charge is 0.253 e. The summed E-state index contributed by atoms with van der Waals surface area (Å²) in [5, 5.41) is 2.87. The van der Waals surface area contributed by atoms with Crippen molar-refractivity contribution < 1.29 is 9.59 Å². The van der Waals surface area contributed by atoms with E-state index < -0.39 is 0 Å². The fraction of sp³-hybridized carbons (Fsp3) is 0.167. The SMILES string of the molecule is CN(Cc1ccccc1)C(=O)c1cccc(NC(=O)CCc2cccc(N)c2)c1. The van der Waals surface area contributed by atoms with Gasteiger partial charge in [-0.1, -0.05) is 48.5 Å². The van der Waals surface area contributed by atoms with E-state index >= 15 is 0 Å². The Morgan fingerprint density at radius 1 is 0.897 bits per heavy atom. The van der Waals surface area contributed by atoms with Crippen molar-refractivity contribution in [2.24, 2.45) is 0 Å². The van der Waals surface area contributed by atoms with Crippen molar-refractivity contribution in [1.29, 1.82) is 0 Å². The minimum absolute atomic E-state index is 0.0929. The molecule has 3 aromatic rings. The van der Waals surface area contributed by atoms with Gasteiger partial charge in [0.1, 0.15) is 0 Å². The molecular weight excluding hydrogens is 362 g/mol. The molecule has 3 aromatic carbocycles. The van der Waals surface area contributed by atoms with E-state index in [1.54, 1.807) is 36.2 Å². The molecule has 0 aliphatic carbocycles. The molecule has 0 radical (unpaired) electrons. The van der Waals surface area contributed by atoms with Gasteiger partial charge >= 0.3 is 0 Å². The number of nitrogens with one attached hydrogen (secondary N) is 1. The Kier molecular flexibility index (Phi) is 6.63. The molecule has 5 nitrogen and oxygen atoms in total. The van der Waals surface area contributed by atoms with Crippen LogP contribution in [0, 0.1) is 0 Å². The molecule has 0 saturated heterocycles. The van der Waals surface area contributed by atoms with Crippen LogP contribution in [0.5, 0.6) is 0 Å². The van der Waals surface area contributed by atoms with Crippen molar-refractivity contribution in [3.63, 3.8) is 0 Å². The molecule has 0 aliphatic heterocycles. The number of nitrogen functional groups attached to an aromatic ring is 1. The lowest BCUT2D eigenvalue weighted by atomic mass is 10.1. The number of benzene rings is 3. The van der Waals surface area contributed by atoms with Crippen molar-refractivity contribution in [3.8, 4) is 0 Å². The second kappa shape index (κ2) is 9.55. The number of amides is 2. The molecule has 0 spiro atoms. The zero-order chi connectivity index (χ0) is 20.6. The van der Waals surface area contributed by atoms with Crippen LogP contribution >= 0.6 is 0 Å². The molecule has 29 heavy (non-hydrogen) atoms. The van der Waals surface area contributed by atoms with Crippen LogP contribution in [0.2, 0.25) is 0 Å². The van der Waals surface area contributed by atoms with Crippen molar-refractivity contribution in [2.75, 3.05) is 18.1 Å². The summed E-state index contributed by atoms with van der Waals surface area (Å²) in [5.74, 6) is -0.195. The van der Waals surface area contributed by atoms with Gasteiger partial charge in [0.2, 0.25) is 5.91 Å². The number of carbonyl (C=O) groups excluding carboxylic acids is 2. The third-order valence-corrected chi connectivity index (χ3v) is 4.59. The second-order valence-electron chi connectivity index (χ2n) is 7.02. The first-order valence-electron chi connectivity index (χ1n) is 9.55. The maximum atomic E-state index is 12.7. The highest BCUT2D eigenvalue weighted by Crippen LogP contribution is 2.15. The van der Waals surface area contributed by atoms with E-state index in [2.05, 4.69) is 5.32 Å². The molecule has 0 fully saturated rings. The number of aryl methyl sites for hydroxylation is 1. The van der Waals surface area contributed by atoms with E-state index in [-0.39, 0.29) is 11.8 Å². The van der Waals surface area contributed by atoms with Crippen LogP contribution in [0.3, 0.4) is 0 Å². The van der Waals surface area contributed by atoms with Gasteiger partial charge in [0.05, 0.1) is 0 Å². The van der Waals surface area contributed by atoms with Crippen LogP contribution in [-0.2, 0) is 17.8 Å². The maximum absolute atomic E-state index is 12.7. The second-order valence-corrected chi connectivity index (χ2v) is 7.02. The number of hydrogen-bond acceptors (Lipinski definition) is 3. The molecule has 0 unspecified atom stereocenters. The Bertz CT molecular complexity index is 986. The molecule has 2 amide bonds. The zero-order valence-electron chi connectivity index (χ0n) is 16.5. The molecule has 3 rings (SSSR count). The topological polar surface area (TPSA) is 75.4 Å². The normalized spacial score (nSPS) is 10.4. The monoisotopic (exact) mass is 387 g/mol. The molecule has 0 atom stereocenters. The quantitative estimate of drug-likeness (QED) is 0.599. The third kappa shape index (κ3) is 5.94. The maximum Gasteiger partial charge on any atom is 0.253 e. The molecule has 0 heterocycles. The fourth-order valence-electron chi connectivity index (χ4n) is 3.11. The van der Waals surface area contributed by atoms with E-state index in [0.29, 0.717) is 36.3 Å². The summed E-state index contributed by atoms with van der Waals surface area (Å²) in [6.45, 7) is 0.524. The third-order valence-electron chi connectivity index (χ3n) is 4.59. The molecule has 148 valence electrons. The summed E-state index contributed by atoms with van der Waals surface area (Å²) in [6, 6.07) is 24.4. The molecule has 0 aromatic heterocycles. The van der Waals surface area contributed by atoms with Crippen molar-refractivity contribution >= 4 is 23.2 Å². The van der Waals surface area contributed by atoms with E-state index in [9.17, 15) is 9.59 Å². The summed E-state index contributed by atoms with van der Waals surface area (Å²) < 4.78 is 0. The number of anilines is 2. The molecule has 0 saturated carbocycles. The molecular formula is C24H25N3O2. The predicted molar refractivity (Wildman–Crippen MR) is 116 cm³/mol. The van der Waals surface area contributed by atoms with Crippen molar-refractivity contribution in [2.45, 2.75) is 19.4 Å². The van der Waals surface area contributed by atoms with Gasteiger partial charge in [0.25, 0.3) is 5.91 Å². The van der Waals surface area contributed by atoms with E-state index in [1.807, 2.05) is 54.6 Å². The van der Waals surface area contributed by atoms with Crippen LogP contribution in [-0.4, -0.2) is 23.8 Å². The van der Waals surface area contributed by atoms with Crippen LogP contribution < -0.4 is 11.1 Å². The average molecular weight is 387 g/mol. The number of carbonyl (C=O) groups is 2. The first kappa shape index (κ1) is 20.1. The summed E-state index contributed by atoms with van der Waals surface area (Å²) in [7, 11) is 1.77. The van der Waals surface area contributed by atoms with Gasteiger partial charge in [-0.05, 0) is 47.9 Å². The summed E-state index contributed by atoms with van der Waals surface area (Å²) in [5.41, 5.74) is 9.69. The first-order valence-corrected chi connectivity index (χ1v) is 9.55. The van der Waals surface area contributed by atoms with Gasteiger partial charge in [0.15, 0.2) is 0 Å². The Morgan fingerprint density at radius 2 is 1.62 bits per heavy atom. The van der Waals surface area contributed by atoms with Gasteiger partial charge in [-0.3, -0.25) is 9.59 Å². The van der Waals surface area contributed by atoms with Crippen LogP contribution in [0.4, 0.5) is 11.4 Å². The molecule has 5 heteroatoms. The minimum atomic E-state index is -0.102. The van der Waals surface area contributed by atoms with Crippen molar-refractivity contribution in [3.05, 3.63) is 95.6 Å². The zero-order valence-corrected chi connectivity index (χ0v) is 16.5. The van der Waals surface area contributed by atoms with Gasteiger partial charge in [-0.15, -0.1) is 0 Å². The van der Waals surface area contributed by atoms with Crippen LogP contribution in [0.25, 0.3) is 0 Å². The molecule has 0 bridgehead atoms. The highest BCUT2D eigenvalue weighted by atomic mass is 16.2. The Balaban J connectivity index is 1.58. The lowest BCUT2D eigenvalue weighted by molar-refractivity contribution is -0.116. The standard InChI is InChI=1S/C24H25N3O2/c1-27(17-19-7-3-2-4-8-19)24(29)20-10-6-12-22(16-20)26-23(28)14-13-18-9-5-11-21(25)15-18/h2-12,15-16H,13-14,17,25H2,1H3,(H,26,28). The van der Waals surface area contributed by atoms with Gasteiger partial charge < -0.3 is 16.0 Å². The summed E-state index contributed by atoms with van der Waals surface area (Å²) in [6.07, 6.45) is 0.949. The molecule has 0 aliphatic rings. The largest absolute Gasteiger partial charge is 0.399 e. The predicted octanol–water partition coefficient (Wildman–Crippen LogP) is 4.11. The van der Waals surface area contributed by atoms with Crippen LogP contribution in [0.1, 0.15) is 27.9 Å². The summed E-state index contributed by atoms with van der Waals surface area (Å²) in [4.78, 5) is 26.7. The van der Waals surface area contributed by atoms with Gasteiger partial charge in [-0.25, -0.2) is 0 Å². The minimum Gasteiger partial charge on any atom is -0.399 e. The van der Waals surface area contributed by atoms with E-state index in [4.69, 9.17) is 5.73 Å². The van der Waals surface area contributed by atoms with Crippen LogP contribution in [0.15, 0.2) is 78.9 Å². The molecule has 3 N–H and O–H groups in total. The Labute approximate surface area is 171 Å². The first-order chi connectivity index (χ1) is 14.0. The summed E-state index contributed by atoms with van der Waals surface area (Å²) >= 11 is 0. The van der Waals surface area contributed by atoms with Crippen molar-refractivity contribution in [1.82, 2.24) is 4.90 Å². The highest BCUT2D eigenvalue weighted by molar-refractivity contribution is 5.97. The Hall–Kier alpha value is -3.60. The van der Waals surface area contributed by atoms with E-state index in [0.717, 1.165) is 11.1 Å². The number of hydrogen-bond donors (Lipinski definition) is 2. The number of rotatable bonds is 7. The Morgan fingerprint density at radius 3 is 2.38 bits per heavy atom.